The number of hydrogen-bond donors (Lipinski definition) is 0. The Morgan fingerprint density at radius 2 is 0.792 bits per heavy atom. The van der Waals surface area contributed by atoms with Crippen molar-refractivity contribution in [2.75, 3.05) is 0 Å². The monoisotopic (exact) mass is 756 g/mol. The highest BCUT2D eigenvalue weighted by Crippen LogP contribution is 2.44. The maximum Gasteiger partial charge on any atom is 0.170 e. The van der Waals surface area contributed by atoms with Gasteiger partial charge in [0.1, 0.15) is 21.0 Å². The van der Waals surface area contributed by atoms with Crippen molar-refractivity contribution < 1.29 is 13.0 Å². The number of rotatable bonds is 15. The molecule has 3 nitrogen and oxygen atoms in total. The minimum atomic E-state index is -4.35. The molecule has 0 unspecified atom stereocenters. The van der Waals surface area contributed by atoms with Crippen LogP contribution in [0.25, 0.3) is 0 Å². The van der Waals surface area contributed by atoms with E-state index in [0.717, 1.165) is 12.8 Å². The highest BCUT2D eigenvalue weighted by atomic mass is 32.2. The standard InChI is InChI=1S/C30H39S.C18H30O3S/c1-28(2,3)22-16-10-13-19-25(22)31(26-20-14-11-17-23(26)29(4,5)6)27-21-15-12-18-24(27)30(7,8)9;1-2-3-4-5-6-7-8-9-10-11-14-17-15-12-13-16-18(17)22(19,20)21/h10-21H,1-9H3;12-13,15-16H,2-11,14H2,1H3,(H,19,20,21)/q+1;/p-1. The second-order valence-electron chi connectivity index (χ2n) is 17.5. The van der Waals surface area contributed by atoms with Crippen LogP contribution in [0.5, 0.6) is 0 Å². The first-order chi connectivity index (χ1) is 24.9. The number of hydrogen-bond acceptors (Lipinski definition) is 3. The van der Waals surface area contributed by atoms with Crippen molar-refractivity contribution in [3.63, 3.8) is 0 Å². The van der Waals surface area contributed by atoms with Gasteiger partial charge in [-0.2, -0.15) is 0 Å². The summed E-state index contributed by atoms with van der Waals surface area (Å²) in [5.74, 6) is 0. The molecule has 4 aromatic carbocycles. The normalized spacial score (nSPS) is 12.5. The van der Waals surface area contributed by atoms with Crippen molar-refractivity contribution in [2.24, 2.45) is 0 Å². The predicted molar refractivity (Wildman–Crippen MR) is 228 cm³/mol. The number of benzene rings is 4. The summed E-state index contributed by atoms with van der Waals surface area (Å²) in [6.07, 6.45) is 13.2. The Balaban J connectivity index is 0.000000304. The molecule has 4 rings (SSSR count). The lowest BCUT2D eigenvalue weighted by Gasteiger charge is -2.28. The van der Waals surface area contributed by atoms with Gasteiger partial charge in [0.2, 0.25) is 0 Å². The van der Waals surface area contributed by atoms with E-state index in [-0.39, 0.29) is 32.0 Å². The predicted octanol–water partition coefficient (Wildman–Crippen LogP) is 13.7. The molecule has 53 heavy (non-hydrogen) atoms. The van der Waals surface area contributed by atoms with Gasteiger partial charge in [-0.15, -0.1) is 0 Å². The summed E-state index contributed by atoms with van der Waals surface area (Å²) in [5, 5.41) is 0. The van der Waals surface area contributed by atoms with E-state index in [0.29, 0.717) is 12.0 Å². The van der Waals surface area contributed by atoms with Crippen molar-refractivity contribution in [2.45, 2.75) is 176 Å². The molecule has 0 aliphatic heterocycles. The molecule has 0 saturated heterocycles. The Morgan fingerprint density at radius 3 is 1.15 bits per heavy atom. The molecule has 0 saturated carbocycles. The Morgan fingerprint density at radius 1 is 0.472 bits per heavy atom. The van der Waals surface area contributed by atoms with Crippen LogP contribution in [0.3, 0.4) is 0 Å². The third kappa shape index (κ3) is 13.7. The lowest BCUT2D eigenvalue weighted by Crippen LogP contribution is -2.23. The van der Waals surface area contributed by atoms with Gasteiger partial charge in [0.05, 0.1) is 4.90 Å². The molecule has 0 heterocycles. The fourth-order valence-corrected chi connectivity index (χ4v) is 10.8. The lowest BCUT2D eigenvalue weighted by atomic mass is 9.87. The Kier molecular flexibility index (Phi) is 16.9. The Hall–Kier alpha value is -2.86. The first-order valence-electron chi connectivity index (χ1n) is 19.9. The Labute approximate surface area is 327 Å². The van der Waals surface area contributed by atoms with Gasteiger partial charge in [-0.25, -0.2) is 8.42 Å². The van der Waals surface area contributed by atoms with Crippen LogP contribution in [0.15, 0.2) is 117 Å². The third-order valence-corrected chi connectivity index (χ3v) is 13.1. The fourth-order valence-electron chi connectivity index (χ4n) is 6.91. The average Bonchev–Trinajstić information content (AvgIpc) is 3.09. The topological polar surface area (TPSA) is 57.2 Å². The molecule has 0 radical (unpaired) electrons. The number of aryl methyl sites for hydroxylation is 1. The van der Waals surface area contributed by atoms with Crippen LogP contribution < -0.4 is 0 Å². The maximum atomic E-state index is 11.2. The summed E-state index contributed by atoms with van der Waals surface area (Å²) in [7, 11) is -4.53. The van der Waals surface area contributed by atoms with Crippen LogP contribution in [0.1, 0.15) is 156 Å². The molecule has 0 spiro atoms. The summed E-state index contributed by atoms with van der Waals surface area (Å²) in [6.45, 7) is 23.2. The number of unbranched alkanes of at least 4 members (excludes halogenated alkanes) is 9. The van der Waals surface area contributed by atoms with Gasteiger partial charge >= 0.3 is 0 Å². The van der Waals surface area contributed by atoms with Crippen LogP contribution in [-0.4, -0.2) is 13.0 Å². The van der Waals surface area contributed by atoms with Gasteiger partial charge in [-0.3, -0.25) is 0 Å². The third-order valence-electron chi connectivity index (χ3n) is 9.79. The SMILES string of the molecule is CC(C)(C)c1ccccc1[S+](c1ccccc1C(C)(C)C)c1ccccc1C(C)(C)C.CCCCCCCCCCCCc1ccccc1S(=O)(=O)[O-]. The summed E-state index contributed by atoms with van der Waals surface area (Å²) >= 11 is 0. The van der Waals surface area contributed by atoms with Crippen LogP contribution in [0, 0.1) is 0 Å². The average molecular weight is 757 g/mol. The molecule has 0 aliphatic rings. The minimum Gasteiger partial charge on any atom is -0.744 e. The van der Waals surface area contributed by atoms with Crippen molar-refractivity contribution in [1.29, 1.82) is 0 Å². The summed E-state index contributed by atoms with van der Waals surface area (Å²) in [5.41, 5.74) is 5.21. The van der Waals surface area contributed by atoms with Gasteiger partial charge in [-0.05, 0) is 58.9 Å². The second kappa shape index (κ2) is 20.2. The Bertz CT molecular complexity index is 1670. The van der Waals surface area contributed by atoms with E-state index >= 15 is 0 Å². The van der Waals surface area contributed by atoms with Crippen LogP contribution in [0.4, 0.5) is 0 Å². The molecule has 0 N–H and O–H groups in total. The highest BCUT2D eigenvalue weighted by Gasteiger charge is 2.40. The quantitative estimate of drug-likeness (QED) is 0.0689. The minimum absolute atomic E-state index is 0.0501. The van der Waals surface area contributed by atoms with Gasteiger partial charge in [-0.1, -0.05) is 200 Å². The maximum absolute atomic E-state index is 11.2. The molecule has 290 valence electrons. The van der Waals surface area contributed by atoms with E-state index in [1.165, 1.54) is 88.8 Å². The molecule has 0 bridgehead atoms. The molecule has 0 aromatic heterocycles. The highest BCUT2D eigenvalue weighted by molar-refractivity contribution is 7.97. The van der Waals surface area contributed by atoms with Crippen molar-refractivity contribution in [3.8, 4) is 0 Å². The van der Waals surface area contributed by atoms with E-state index < -0.39 is 10.1 Å². The van der Waals surface area contributed by atoms with Gasteiger partial charge in [0, 0.05) is 16.7 Å². The van der Waals surface area contributed by atoms with Gasteiger partial charge in [0.25, 0.3) is 0 Å². The molecule has 0 amide bonds. The van der Waals surface area contributed by atoms with Gasteiger partial charge in [0.15, 0.2) is 14.7 Å². The molecule has 4 aromatic rings. The first kappa shape index (κ1) is 44.5. The summed E-state index contributed by atoms with van der Waals surface area (Å²) in [6, 6.07) is 33.8. The van der Waals surface area contributed by atoms with E-state index in [9.17, 15) is 13.0 Å². The fraction of sp³-hybridized carbons (Fsp3) is 0.500. The molecular formula is C48H68O3S2. The zero-order chi connectivity index (χ0) is 39.3. The van der Waals surface area contributed by atoms with Gasteiger partial charge < -0.3 is 4.55 Å². The molecule has 5 heteroatoms. The zero-order valence-corrected chi connectivity index (χ0v) is 36.2. The van der Waals surface area contributed by atoms with Crippen molar-refractivity contribution in [3.05, 3.63) is 119 Å². The molecule has 0 atom stereocenters. The second-order valence-corrected chi connectivity index (χ2v) is 20.8. The molecular weight excluding hydrogens is 689 g/mol. The van der Waals surface area contributed by atoms with E-state index in [1.54, 1.807) is 18.2 Å². The van der Waals surface area contributed by atoms with Crippen molar-refractivity contribution in [1.82, 2.24) is 0 Å². The van der Waals surface area contributed by atoms with Crippen molar-refractivity contribution >= 4 is 21.0 Å². The molecule has 0 aliphatic carbocycles. The van der Waals surface area contributed by atoms with E-state index in [4.69, 9.17) is 0 Å². The van der Waals surface area contributed by atoms with E-state index in [1.807, 2.05) is 0 Å². The first-order valence-corrected chi connectivity index (χ1v) is 22.6. The summed E-state index contributed by atoms with van der Waals surface area (Å²) < 4.78 is 33.5. The zero-order valence-electron chi connectivity index (χ0n) is 34.6. The van der Waals surface area contributed by atoms with Crippen LogP contribution in [0.2, 0.25) is 0 Å². The summed E-state index contributed by atoms with van der Waals surface area (Å²) in [4.78, 5) is 4.29. The van der Waals surface area contributed by atoms with Crippen LogP contribution >= 0.6 is 0 Å². The molecule has 0 fully saturated rings. The van der Waals surface area contributed by atoms with E-state index in [2.05, 4.69) is 142 Å². The lowest BCUT2D eigenvalue weighted by molar-refractivity contribution is 0.461. The largest absolute Gasteiger partial charge is 0.744 e. The smallest absolute Gasteiger partial charge is 0.170 e. The van der Waals surface area contributed by atoms with Crippen LogP contribution in [-0.2, 0) is 43.7 Å².